The molecule has 8 heteroatoms. The Bertz CT molecular complexity index is 88.0. The summed E-state index contributed by atoms with van der Waals surface area (Å²) in [4.78, 5) is 8.15. The van der Waals surface area contributed by atoms with Crippen LogP contribution in [0.3, 0.4) is 0 Å². The minimum atomic E-state index is -3.81. The lowest BCUT2D eigenvalue weighted by atomic mass is 10.6. The normalized spacial score (nSPS) is 16.6. The van der Waals surface area contributed by atoms with E-state index in [-0.39, 0.29) is 27.8 Å². The van der Waals surface area contributed by atoms with Crippen molar-refractivity contribution in [1.82, 2.24) is 0 Å². The summed E-state index contributed by atoms with van der Waals surface area (Å²) in [7, 11) is 0.625. The van der Waals surface area contributed by atoms with Crippen molar-refractivity contribution in [2.24, 2.45) is 0 Å². The summed E-state index contributed by atoms with van der Waals surface area (Å²) in [5, 5.41) is 0. The molecule has 2 radical (unpaired) electrons. The fraction of sp³-hybridized carbons (Fsp3) is 0. The van der Waals surface area contributed by atoms with Crippen molar-refractivity contribution in [2.45, 2.75) is 0 Å². The largest absolute Gasteiger partial charge is 0.446 e. The minimum Gasteiger partial charge on any atom is -0.363 e. The molecule has 4 nitrogen and oxygen atoms in total. The van der Waals surface area contributed by atoms with Gasteiger partial charge in [-0.15, -0.1) is 0 Å². The fourth-order valence-corrected chi connectivity index (χ4v) is 0.387. The molecule has 0 aliphatic heterocycles. The Balaban J connectivity index is 0. The maximum absolute atomic E-state index is 9.97. The molecule has 0 aliphatic carbocycles. The van der Waals surface area contributed by atoms with E-state index in [0.717, 1.165) is 0 Å². The molecule has 0 aliphatic rings. The van der Waals surface area contributed by atoms with E-state index in [1.54, 1.807) is 0 Å². The van der Waals surface area contributed by atoms with Gasteiger partial charge in [0.25, 0.3) is 8.05 Å². The van der Waals surface area contributed by atoms with Crippen LogP contribution in [-0.4, -0.2) is 40.8 Å². The van der Waals surface area contributed by atoms with E-state index in [0.29, 0.717) is 0 Å². The predicted molar refractivity (Wildman–Crippen MR) is 37.6 cm³/mol. The van der Waals surface area contributed by atoms with Crippen LogP contribution in [0.5, 0.6) is 0 Å². The molecule has 0 aromatic carbocycles. The molecule has 0 saturated carbocycles. The first-order valence-corrected chi connectivity index (χ1v) is 3.70. The zero-order valence-corrected chi connectivity index (χ0v) is 6.59. The van der Waals surface area contributed by atoms with E-state index >= 15 is 0 Å². The SMILES string of the molecule is [AlH3].[B]OP(=O)(O)O[SiH3]. The summed E-state index contributed by atoms with van der Waals surface area (Å²) in [6.45, 7) is 0. The van der Waals surface area contributed by atoms with Gasteiger partial charge in [0.05, 0.1) is 0 Å². The van der Waals surface area contributed by atoms with E-state index in [9.17, 15) is 4.57 Å². The molecule has 0 amide bonds. The second-order valence-electron chi connectivity index (χ2n) is 0.757. The molecule has 1 N–H and O–H groups in total. The van der Waals surface area contributed by atoms with Crippen LogP contribution in [0.15, 0.2) is 0 Å². The van der Waals surface area contributed by atoms with Gasteiger partial charge in [-0.25, -0.2) is 4.57 Å². The van der Waals surface area contributed by atoms with Crippen molar-refractivity contribution >= 4 is 43.7 Å². The number of hydrogen-bond donors (Lipinski definition) is 1. The van der Waals surface area contributed by atoms with Gasteiger partial charge in [-0.05, 0) is 0 Å². The molecule has 1 atom stereocenters. The first-order valence-electron chi connectivity index (χ1n) is 1.39. The molecule has 8 heavy (non-hydrogen) atoms. The van der Waals surface area contributed by atoms with Crippen LogP contribution in [0.25, 0.3) is 0 Å². The fourth-order valence-electron chi connectivity index (χ4n) is 0.0430. The summed E-state index contributed by atoms with van der Waals surface area (Å²) in [5.41, 5.74) is 0. The molecule has 0 fully saturated rings. The van der Waals surface area contributed by atoms with Gasteiger partial charge in [-0.3, -0.25) is 0 Å². The summed E-state index contributed by atoms with van der Waals surface area (Å²) >= 11 is 0. The first-order chi connectivity index (χ1) is 3.12. The summed E-state index contributed by atoms with van der Waals surface area (Å²) in [6.07, 6.45) is 0. The summed E-state index contributed by atoms with van der Waals surface area (Å²) in [6, 6.07) is 0. The van der Waals surface area contributed by atoms with Crippen molar-refractivity contribution in [3.8, 4) is 0 Å². The number of hydrogen-bond acceptors (Lipinski definition) is 3. The molecule has 1 unspecified atom stereocenters. The highest BCUT2D eigenvalue weighted by atomic mass is 31.2. The van der Waals surface area contributed by atoms with Crippen molar-refractivity contribution in [1.29, 1.82) is 0 Å². The van der Waals surface area contributed by atoms with Gasteiger partial charge in [0.1, 0.15) is 0 Å². The van der Waals surface area contributed by atoms with Crippen molar-refractivity contribution < 1.29 is 18.1 Å². The first kappa shape index (κ1) is 11.7. The molecule has 0 saturated heterocycles. The molecule has 0 spiro atoms. The highest BCUT2D eigenvalue weighted by Crippen LogP contribution is 2.39. The molecule has 0 rings (SSSR count). The number of rotatable bonds is 2. The zero-order chi connectivity index (χ0) is 5.91. The lowest BCUT2D eigenvalue weighted by Gasteiger charge is -2.03. The maximum Gasteiger partial charge on any atom is 0.446 e. The van der Waals surface area contributed by atoms with Crippen LogP contribution in [0.1, 0.15) is 0 Å². The van der Waals surface area contributed by atoms with E-state index in [1.807, 2.05) is 0 Å². The molecular weight excluding hydrogens is 161 g/mol. The second kappa shape index (κ2) is 4.77. The van der Waals surface area contributed by atoms with Crippen LogP contribution >= 0.6 is 7.82 Å². The van der Waals surface area contributed by atoms with Gasteiger partial charge < -0.3 is 13.5 Å². The lowest BCUT2D eigenvalue weighted by Crippen LogP contribution is -1.86. The Kier molecular flexibility index (Phi) is 6.97. The monoisotopic (exact) mass is 168 g/mol. The minimum absolute atomic E-state index is 0. The molecule has 0 aromatic rings. The molecular formula is H7AlBO4PSi. The molecule has 0 heterocycles. The van der Waals surface area contributed by atoms with Gasteiger partial charge in [0, 0.05) is 0 Å². The highest BCUT2D eigenvalue weighted by molar-refractivity contribution is 7.49. The topological polar surface area (TPSA) is 55.8 Å². The Labute approximate surface area is 62.3 Å². The van der Waals surface area contributed by atoms with Gasteiger partial charge >= 0.3 is 7.82 Å². The van der Waals surface area contributed by atoms with Crippen LogP contribution in [0, 0.1) is 0 Å². The molecule has 0 bridgehead atoms. The highest BCUT2D eigenvalue weighted by Gasteiger charge is 2.11. The molecule has 46 valence electrons. The van der Waals surface area contributed by atoms with Crippen molar-refractivity contribution in [2.75, 3.05) is 0 Å². The van der Waals surface area contributed by atoms with E-state index in [1.165, 1.54) is 0 Å². The van der Waals surface area contributed by atoms with Crippen molar-refractivity contribution in [3.63, 3.8) is 0 Å². The van der Waals surface area contributed by atoms with E-state index in [2.05, 4.69) is 16.7 Å². The van der Waals surface area contributed by atoms with Crippen LogP contribution in [-0.2, 0) is 13.2 Å². The molecule has 0 aromatic heterocycles. The van der Waals surface area contributed by atoms with E-state index < -0.39 is 7.82 Å². The van der Waals surface area contributed by atoms with Crippen LogP contribution in [0.2, 0.25) is 0 Å². The van der Waals surface area contributed by atoms with Gasteiger partial charge in [-0.2, -0.15) is 0 Å². The maximum atomic E-state index is 9.97. The third kappa shape index (κ3) is 5.07. The summed E-state index contributed by atoms with van der Waals surface area (Å²) in [5.74, 6) is 0. The summed E-state index contributed by atoms with van der Waals surface area (Å²) < 4.78 is 17.5. The predicted octanol–water partition coefficient (Wildman–Crippen LogP) is -2.70. The smallest absolute Gasteiger partial charge is 0.363 e. The van der Waals surface area contributed by atoms with Crippen LogP contribution < -0.4 is 0 Å². The average molecular weight is 168 g/mol. The van der Waals surface area contributed by atoms with Crippen molar-refractivity contribution in [3.05, 3.63) is 0 Å². The Morgan fingerprint density at radius 2 is 2.12 bits per heavy atom. The number of phosphoric acid groups is 1. The Morgan fingerprint density at radius 1 is 1.75 bits per heavy atom. The standard InChI is InChI=1S/Al.BH4O4PSi.3H/c;1-4-6(2,3)5-7;;;/h;7H3,(H,2,3);;;. The Hall–Kier alpha value is 0.924. The van der Waals surface area contributed by atoms with Gasteiger partial charge in [0.15, 0.2) is 27.8 Å². The lowest BCUT2D eigenvalue weighted by molar-refractivity contribution is 0.309. The Morgan fingerprint density at radius 3 is 2.12 bits per heavy atom. The third-order valence-corrected chi connectivity index (χ3v) is 2.48. The van der Waals surface area contributed by atoms with E-state index in [4.69, 9.17) is 4.89 Å². The third-order valence-electron chi connectivity index (χ3n) is 0.364. The zero-order valence-electron chi connectivity index (χ0n) is 3.70. The second-order valence-corrected chi connectivity index (χ2v) is 3.37. The average Bonchev–Trinajstić information content (AvgIpc) is 1.68. The van der Waals surface area contributed by atoms with Gasteiger partial charge in [0.2, 0.25) is 0 Å². The quantitative estimate of drug-likeness (QED) is 0.360. The van der Waals surface area contributed by atoms with Gasteiger partial charge in [-0.1, -0.05) is 0 Å². The van der Waals surface area contributed by atoms with Crippen LogP contribution in [0.4, 0.5) is 0 Å².